The number of carbonyl (C=O) groups is 3. The van der Waals surface area contributed by atoms with Crippen LogP contribution in [0.3, 0.4) is 0 Å². The van der Waals surface area contributed by atoms with Gasteiger partial charge < -0.3 is 40.1 Å². The summed E-state index contributed by atoms with van der Waals surface area (Å²) in [6.45, 7) is -1.49. The Labute approximate surface area is 294 Å². The third kappa shape index (κ3) is 9.55. The van der Waals surface area contributed by atoms with Gasteiger partial charge >= 0.3 is 18.4 Å². The molecule has 3 heterocycles. The van der Waals surface area contributed by atoms with Crippen LogP contribution in [0.2, 0.25) is 5.02 Å². The molecular weight excluding hydrogens is 706 g/mol. The topological polar surface area (TPSA) is 164 Å². The molecule has 4 N–H and O–H groups in total. The fourth-order valence-corrected chi connectivity index (χ4v) is 5.76. The lowest BCUT2D eigenvalue weighted by Crippen LogP contribution is -2.50. The van der Waals surface area contributed by atoms with Crippen LogP contribution in [0, 0.1) is 5.82 Å². The van der Waals surface area contributed by atoms with Crippen molar-refractivity contribution < 1.29 is 55.6 Å². The van der Waals surface area contributed by atoms with E-state index in [0.717, 1.165) is 19.5 Å². The Morgan fingerprint density at radius 3 is 2.53 bits per heavy atom. The SMILES string of the molecule is COC(=O)N(C(=O)[C@@H](N)C(c1ccc(Cl)cc1)c1ccc2c(c1)OCO2)c1cncc(F)c1CC[C@@H]1CN[C@H](COC(=O)NCC(F)(F)F)CO1. The summed E-state index contributed by atoms with van der Waals surface area (Å²) in [5, 5.41) is 5.13. The molecule has 274 valence electrons. The number of rotatable bonds is 11. The summed E-state index contributed by atoms with van der Waals surface area (Å²) in [4.78, 5) is 43.6. The van der Waals surface area contributed by atoms with Crippen molar-refractivity contribution >= 4 is 35.4 Å². The molecule has 0 spiro atoms. The summed E-state index contributed by atoms with van der Waals surface area (Å²) in [7, 11) is 1.07. The van der Waals surface area contributed by atoms with E-state index >= 15 is 4.39 Å². The van der Waals surface area contributed by atoms with Crippen LogP contribution in [-0.2, 0) is 25.4 Å². The molecule has 5 rings (SSSR count). The van der Waals surface area contributed by atoms with Gasteiger partial charge in [-0.3, -0.25) is 9.78 Å². The molecule has 1 aromatic heterocycles. The molecule has 2 aliphatic heterocycles. The highest BCUT2D eigenvalue weighted by molar-refractivity contribution is 6.30. The first-order valence-corrected chi connectivity index (χ1v) is 16.0. The number of nitrogens with one attached hydrogen (secondary N) is 2. The summed E-state index contributed by atoms with van der Waals surface area (Å²) in [5.74, 6) is -1.60. The zero-order valence-corrected chi connectivity index (χ0v) is 27.8. The maximum absolute atomic E-state index is 15.4. The van der Waals surface area contributed by atoms with E-state index < -0.39 is 60.7 Å². The highest BCUT2D eigenvalue weighted by Crippen LogP contribution is 2.38. The summed E-state index contributed by atoms with van der Waals surface area (Å²) in [5.41, 5.74) is 7.63. The van der Waals surface area contributed by atoms with Crippen LogP contribution in [0.1, 0.15) is 29.0 Å². The minimum absolute atomic E-state index is 0.0180. The summed E-state index contributed by atoms with van der Waals surface area (Å²) in [6, 6.07) is 9.82. The van der Waals surface area contributed by atoms with Crippen LogP contribution in [0.4, 0.5) is 32.8 Å². The van der Waals surface area contributed by atoms with Gasteiger partial charge in [-0.1, -0.05) is 29.8 Å². The number of imide groups is 1. The zero-order valence-electron chi connectivity index (χ0n) is 27.1. The van der Waals surface area contributed by atoms with Crippen molar-refractivity contribution in [1.82, 2.24) is 15.6 Å². The normalized spacial score (nSPS) is 18.0. The molecule has 2 aliphatic rings. The van der Waals surface area contributed by atoms with Gasteiger partial charge in [0.1, 0.15) is 19.0 Å². The molecule has 3 amide bonds. The van der Waals surface area contributed by atoms with Gasteiger partial charge in [0.15, 0.2) is 11.5 Å². The molecule has 0 radical (unpaired) electrons. The molecule has 1 saturated heterocycles. The van der Waals surface area contributed by atoms with Crippen LogP contribution in [0.5, 0.6) is 11.5 Å². The number of fused-ring (bicyclic) bond motifs is 1. The Kier molecular flexibility index (Phi) is 12.2. The molecule has 2 aromatic carbocycles. The van der Waals surface area contributed by atoms with Gasteiger partial charge in [-0.15, -0.1) is 0 Å². The first-order valence-electron chi connectivity index (χ1n) is 15.6. The van der Waals surface area contributed by atoms with Gasteiger partial charge in [-0.25, -0.2) is 18.9 Å². The lowest BCUT2D eigenvalue weighted by molar-refractivity contribution is -0.124. The lowest BCUT2D eigenvalue weighted by Gasteiger charge is -2.31. The zero-order chi connectivity index (χ0) is 36.7. The number of methoxy groups -OCH3 is 1. The number of morpholine rings is 1. The quantitative estimate of drug-likeness (QED) is 0.238. The van der Waals surface area contributed by atoms with E-state index in [0.29, 0.717) is 32.5 Å². The van der Waals surface area contributed by atoms with Crippen molar-refractivity contribution in [1.29, 1.82) is 0 Å². The number of nitrogens with two attached hydrogens (primary N) is 1. The smallest absolute Gasteiger partial charge is 0.421 e. The molecule has 0 saturated carbocycles. The van der Waals surface area contributed by atoms with E-state index in [4.69, 9.17) is 41.0 Å². The number of hydrogen-bond donors (Lipinski definition) is 3. The molecule has 0 aliphatic carbocycles. The van der Waals surface area contributed by atoms with E-state index in [1.54, 1.807) is 47.8 Å². The average Bonchev–Trinajstić information content (AvgIpc) is 3.59. The summed E-state index contributed by atoms with van der Waals surface area (Å²) < 4.78 is 78.8. The second-order valence-electron chi connectivity index (χ2n) is 11.6. The molecule has 1 fully saturated rings. The molecule has 0 bridgehead atoms. The number of nitrogens with zero attached hydrogens (tertiary/aromatic N) is 2. The Bertz CT molecular complexity index is 1710. The number of alkyl halides is 3. The number of anilines is 1. The van der Waals surface area contributed by atoms with Crippen molar-refractivity contribution in [2.24, 2.45) is 5.73 Å². The lowest BCUT2D eigenvalue weighted by atomic mass is 9.84. The number of carbonyl (C=O) groups excluding carboxylic acids is 3. The summed E-state index contributed by atoms with van der Waals surface area (Å²) in [6.07, 6.45) is -5.11. The van der Waals surface area contributed by atoms with Gasteiger partial charge in [-0.2, -0.15) is 13.2 Å². The number of hydrogen-bond acceptors (Lipinski definition) is 11. The van der Waals surface area contributed by atoms with E-state index in [1.807, 2.05) is 0 Å². The van der Waals surface area contributed by atoms with Crippen LogP contribution in [0.25, 0.3) is 0 Å². The molecule has 13 nitrogen and oxygen atoms in total. The predicted molar refractivity (Wildman–Crippen MR) is 173 cm³/mol. The Morgan fingerprint density at radius 2 is 1.84 bits per heavy atom. The number of amides is 3. The van der Waals surface area contributed by atoms with Gasteiger partial charge in [0, 0.05) is 23.0 Å². The number of aromatic nitrogens is 1. The highest BCUT2D eigenvalue weighted by atomic mass is 35.5. The molecule has 1 unspecified atom stereocenters. The van der Waals surface area contributed by atoms with Crippen LogP contribution in [-0.4, -0.2) is 87.6 Å². The van der Waals surface area contributed by atoms with Gasteiger partial charge in [0.2, 0.25) is 6.79 Å². The van der Waals surface area contributed by atoms with E-state index in [-0.39, 0.29) is 50.6 Å². The minimum atomic E-state index is -4.58. The summed E-state index contributed by atoms with van der Waals surface area (Å²) >= 11 is 6.13. The van der Waals surface area contributed by atoms with Crippen LogP contribution in [0.15, 0.2) is 54.9 Å². The second kappa shape index (κ2) is 16.5. The third-order valence-electron chi connectivity index (χ3n) is 8.16. The monoisotopic (exact) mass is 739 g/mol. The third-order valence-corrected chi connectivity index (χ3v) is 8.41. The number of halogens is 5. The molecule has 51 heavy (non-hydrogen) atoms. The van der Waals surface area contributed by atoms with Crippen molar-refractivity contribution in [3.8, 4) is 11.5 Å². The highest BCUT2D eigenvalue weighted by Gasteiger charge is 2.38. The van der Waals surface area contributed by atoms with Gasteiger partial charge in [-0.05, 0) is 48.2 Å². The molecule has 18 heteroatoms. The largest absolute Gasteiger partial charge is 0.454 e. The standard InChI is InChI=1S/C33H34ClF4N5O8/c1-47-32(46)43(30(44)29(39)28(18-2-5-20(34)6-3-18)19-4-9-26-27(10-19)51-17-50-26)25-13-40-12-24(35)23(25)8-7-22-11-41-21(14-48-22)15-49-31(45)42-16-33(36,37)38/h2-6,9-10,12-13,21-22,28-29,41H,7-8,11,14-17,39H2,1H3,(H,42,45)/t21-,22+,28?,29-/m0/s1. The van der Waals surface area contributed by atoms with Crippen molar-refractivity contribution in [2.45, 2.75) is 43.1 Å². The number of ether oxygens (including phenoxy) is 5. The maximum Gasteiger partial charge on any atom is 0.421 e. The van der Waals surface area contributed by atoms with Crippen molar-refractivity contribution in [3.05, 3.63) is 82.4 Å². The van der Waals surface area contributed by atoms with Gasteiger partial charge in [0.25, 0.3) is 5.91 Å². The fraction of sp³-hybridized carbons (Fsp3) is 0.394. The first-order chi connectivity index (χ1) is 24.3. The van der Waals surface area contributed by atoms with Crippen LogP contribution < -0.4 is 30.7 Å². The first kappa shape index (κ1) is 37.5. The predicted octanol–water partition coefficient (Wildman–Crippen LogP) is 4.44. The maximum atomic E-state index is 15.4. The van der Waals surface area contributed by atoms with Crippen LogP contribution >= 0.6 is 11.6 Å². The number of pyridine rings is 1. The second-order valence-corrected chi connectivity index (χ2v) is 12.0. The number of alkyl carbamates (subject to hydrolysis) is 1. The van der Waals surface area contributed by atoms with Gasteiger partial charge in [0.05, 0.1) is 50.0 Å². The number of benzene rings is 2. The van der Waals surface area contributed by atoms with Crippen molar-refractivity contribution in [3.63, 3.8) is 0 Å². The average molecular weight is 740 g/mol. The van der Waals surface area contributed by atoms with E-state index in [9.17, 15) is 27.6 Å². The Hall–Kier alpha value is -4.71. The fourth-order valence-electron chi connectivity index (χ4n) is 5.63. The van der Waals surface area contributed by atoms with E-state index in [1.165, 1.54) is 0 Å². The molecule has 3 aromatic rings. The Morgan fingerprint density at radius 1 is 1.12 bits per heavy atom. The Balaban J connectivity index is 1.31. The molecular formula is C33H34ClF4N5O8. The van der Waals surface area contributed by atoms with E-state index in [2.05, 4.69) is 10.3 Å². The van der Waals surface area contributed by atoms with Crippen molar-refractivity contribution in [2.75, 3.05) is 45.1 Å². The molecule has 4 atom stereocenters. The minimum Gasteiger partial charge on any atom is -0.454 e.